The lowest BCUT2D eigenvalue weighted by molar-refractivity contribution is 0.147. The minimum absolute atomic E-state index is 0.203. The Morgan fingerprint density at radius 3 is 2.54 bits per heavy atom. The van der Waals surface area contributed by atoms with E-state index in [2.05, 4.69) is 0 Å². The van der Waals surface area contributed by atoms with Gasteiger partial charge >= 0.3 is 0 Å². The minimum Gasteiger partial charge on any atom is -0.393 e. The van der Waals surface area contributed by atoms with Crippen molar-refractivity contribution in [1.82, 2.24) is 0 Å². The van der Waals surface area contributed by atoms with E-state index >= 15 is 0 Å². The second kappa shape index (κ2) is 4.42. The minimum atomic E-state index is -2.84. The summed E-state index contributed by atoms with van der Waals surface area (Å²) in [6.07, 6.45) is 5.52. The van der Waals surface area contributed by atoms with Gasteiger partial charge in [-0.15, -0.1) is 0 Å². The molecule has 0 aromatic heterocycles. The SMILES string of the molecule is CS(=O)(=O)CCCC(O)CC1CC1. The fourth-order valence-corrected chi connectivity index (χ4v) is 2.13. The molecule has 0 aliphatic heterocycles. The lowest BCUT2D eigenvalue weighted by Gasteiger charge is -2.08. The molecule has 78 valence electrons. The smallest absolute Gasteiger partial charge is 0.147 e. The first-order chi connectivity index (χ1) is 5.97. The van der Waals surface area contributed by atoms with Gasteiger partial charge in [-0.05, 0) is 25.2 Å². The molecule has 1 fully saturated rings. The van der Waals surface area contributed by atoms with Gasteiger partial charge in [-0.1, -0.05) is 12.8 Å². The molecule has 0 radical (unpaired) electrons. The van der Waals surface area contributed by atoms with E-state index in [0.29, 0.717) is 18.8 Å². The van der Waals surface area contributed by atoms with Crippen molar-refractivity contribution in [3.63, 3.8) is 0 Å². The van der Waals surface area contributed by atoms with Crippen LogP contribution in [0.4, 0.5) is 0 Å². The molecule has 0 amide bonds. The first kappa shape index (κ1) is 11.0. The average molecular weight is 206 g/mol. The zero-order chi connectivity index (χ0) is 9.90. The third-order valence-corrected chi connectivity index (χ3v) is 3.39. The number of aliphatic hydroxyl groups excluding tert-OH is 1. The molecule has 0 aromatic rings. The first-order valence-corrected chi connectivity index (χ1v) is 6.89. The molecule has 0 spiro atoms. The predicted molar refractivity (Wildman–Crippen MR) is 52.3 cm³/mol. The number of aliphatic hydroxyl groups is 1. The predicted octanol–water partition coefficient (Wildman–Crippen LogP) is 0.972. The van der Waals surface area contributed by atoms with Crippen molar-refractivity contribution in [2.75, 3.05) is 12.0 Å². The lowest BCUT2D eigenvalue weighted by atomic mass is 10.1. The van der Waals surface area contributed by atoms with Gasteiger partial charge in [-0.3, -0.25) is 0 Å². The van der Waals surface area contributed by atoms with Crippen molar-refractivity contribution in [1.29, 1.82) is 0 Å². The molecule has 1 rings (SSSR count). The third-order valence-electron chi connectivity index (χ3n) is 2.35. The van der Waals surface area contributed by atoms with Gasteiger partial charge in [0.05, 0.1) is 6.10 Å². The van der Waals surface area contributed by atoms with Crippen molar-refractivity contribution in [3.8, 4) is 0 Å². The molecule has 1 aliphatic rings. The first-order valence-electron chi connectivity index (χ1n) is 4.83. The summed E-state index contributed by atoms with van der Waals surface area (Å²) in [6, 6.07) is 0. The van der Waals surface area contributed by atoms with E-state index in [1.165, 1.54) is 19.1 Å². The molecule has 1 unspecified atom stereocenters. The fraction of sp³-hybridized carbons (Fsp3) is 1.00. The highest BCUT2D eigenvalue weighted by Crippen LogP contribution is 2.34. The van der Waals surface area contributed by atoms with Crippen molar-refractivity contribution >= 4 is 9.84 Å². The maximum Gasteiger partial charge on any atom is 0.147 e. The lowest BCUT2D eigenvalue weighted by Crippen LogP contribution is -2.11. The van der Waals surface area contributed by atoms with Crippen LogP contribution in [0.2, 0.25) is 0 Å². The Hall–Kier alpha value is -0.0900. The molecule has 1 aliphatic carbocycles. The van der Waals surface area contributed by atoms with Gasteiger partial charge < -0.3 is 5.11 Å². The maximum atomic E-state index is 10.8. The Bertz CT molecular complexity index is 242. The molecular formula is C9H18O3S. The number of hydrogen-bond acceptors (Lipinski definition) is 3. The Kier molecular flexibility index (Phi) is 3.74. The van der Waals surface area contributed by atoms with Crippen molar-refractivity contribution in [2.45, 2.75) is 38.2 Å². The third kappa shape index (κ3) is 6.05. The molecule has 0 aromatic carbocycles. The summed E-state index contributed by atoms with van der Waals surface area (Å²) in [5.74, 6) is 0.919. The molecule has 13 heavy (non-hydrogen) atoms. The van der Waals surface area contributed by atoms with E-state index in [0.717, 1.165) is 6.42 Å². The van der Waals surface area contributed by atoms with Crippen LogP contribution in [-0.2, 0) is 9.84 Å². The van der Waals surface area contributed by atoms with Crippen LogP contribution < -0.4 is 0 Å². The zero-order valence-corrected chi connectivity index (χ0v) is 8.89. The molecular weight excluding hydrogens is 188 g/mol. The van der Waals surface area contributed by atoms with Gasteiger partial charge in [0.1, 0.15) is 9.84 Å². The van der Waals surface area contributed by atoms with Crippen LogP contribution in [0.5, 0.6) is 0 Å². The maximum absolute atomic E-state index is 10.8. The number of rotatable bonds is 6. The van der Waals surface area contributed by atoms with Crippen LogP contribution in [0.1, 0.15) is 32.1 Å². The average Bonchev–Trinajstić information content (AvgIpc) is 2.68. The fourth-order valence-electron chi connectivity index (χ4n) is 1.44. The standard InChI is InChI=1S/C9H18O3S/c1-13(11,12)6-2-3-9(10)7-8-4-5-8/h8-10H,2-7H2,1H3. The van der Waals surface area contributed by atoms with E-state index in [-0.39, 0.29) is 11.9 Å². The summed E-state index contributed by atoms with van der Waals surface area (Å²) >= 11 is 0. The highest BCUT2D eigenvalue weighted by Gasteiger charge is 2.24. The van der Waals surface area contributed by atoms with Crippen LogP contribution in [0, 0.1) is 5.92 Å². The van der Waals surface area contributed by atoms with E-state index < -0.39 is 9.84 Å². The van der Waals surface area contributed by atoms with Crippen molar-refractivity contribution in [3.05, 3.63) is 0 Å². The summed E-state index contributed by atoms with van der Waals surface area (Å²) < 4.78 is 21.5. The monoisotopic (exact) mass is 206 g/mol. The van der Waals surface area contributed by atoms with Crippen LogP contribution in [-0.4, -0.2) is 31.6 Å². The highest BCUT2D eigenvalue weighted by atomic mass is 32.2. The molecule has 0 bridgehead atoms. The second-order valence-corrected chi connectivity index (χ2v) is 6.36. The van der Waals surface area contributed by atoms with Crippen LogP contribution in [0.25, 0.3) is 0 Å². The summed E-state index contributed by atoms with van der Waals surface area (Å²) in [4.78, 5) is 0. The summed E-state index contributed by atoms with van der Waals surface area (Å²) in [5.41, 5.74) is 0. The quantitative estimate of drug-likeness (QED) is 0.704. The van der Waals surface area contributed by atoms with Crippen LogP contribution in [0.3, 0.4) is 0 Å². The molecule has 0 heterocycles. The van der Waals surface area contributed by atoms with E-state index in [1.807, 2.05) is 0 Å². The molecule has 0 saturated heterocycles. The zero-order valence-electron chi connectivity index (χ0n) is 8.07. The molecule has 1 atom stereocenters. The van der Waals surface area contributed by atoms with Crippen molar-refractivity contribution < 1.29 is 13.5 Å². The van der Waals surface area contributed by atoms with Crippen LogP contribution >= 0.6 is 0 Å². The number of sulfone groups is 1. The van der Waals surface area contributed by atoms with E-state index in [1.54, 1.807) is 0 Å². The molecule has 1 saturated carbocycles. The second-order valence-electron chi connectivity index (χ2n) is 4.11. The normalized spacial score (nSPS) is 20.2. The van der Waals surface area contributed by atoms with Gasteiger partial charge in [-0.25, -0.2) is 8.42 Å². The highest BCUT2D eigenvalue weighted by molar-refractivity contribution is 7.90. The van der Waals surface area contributed by atoms with E-state index in [4.69, 9.17) is 0 Å². The van der Waals surface area contributed by atoms with Crippen LogP contribution in [0.15, 0.2) is 0 Å². The van der Waals surface area contributed by atoms with Gasteiger partial charge in [0.25, 0.3) is 0 Å². The topological polar surface area (TPSA) is 54.4 Å². The van der Waals surface area contributed by atoms with Gasteiger partial charge in [-0.2, -0.15) is 0 Å². The molecule has 3 nitrogen and oxygen atoms in total. The van der Waals surface area contributed by atoms with E-state index in [9.17, 15) is 13.5 Å². The Labute approximate surface area is 80.1 Å². The molecule has 1 N–H and O–H groups in total. The van der Waals surface area contributed by atoms with Gasteiger partial charge in [0.15, 0.2) is 0 Å². The van der Waals surface area contributed by atoms with Crippen molar-refractivity contribution in [2.24, 2.45) is 5.92 Å². The Morgan fingerprint density at radius 1 is 1.46 bits per heavy atom. The largest absolute Gasteiger partial charge is 0.393 e. The summed E-state index contributed by atoms with van der Waals surface area (Å²) in [7, 11) is -2.84. The Balaban J connectivity index is 2.04. The summed E-state index contributed by atoms with van der Waals surface area (Å²) in [6.45, 7) is 0. The van der Waals surface area contributed by atoms with Gasteiger partial charge in [0, 0.05) is 12.0 Å². The summed E-state index contributed by atoms with van der Waals surface area (Å²) in [5, 5.41) is 9.46. The Morgan fingerprint density at radius 2 is 2.08 bits per heavy atom. The molecule has 4 heteroatoms. The van der Waals surface area contributed by atoms with Gasteiger partial charge in [0.2, 0.25) is 0 Å². The number of hydrogen-bond donors (Lipinski definition) is 1.